The van der Waals surface area contributed by atoms with Crippen molar-refractivity contribution >= 4 is 46.5 Å². The molecule has 1 aliphatic heterocycles. The predicted octanol–water partition coefficient (Wildman–Crippen LogP) is 3.41. The van der Waals surface area contributed by atoms with Gasteiger partial charge in [0.15, 0.2) is 5.69 Å². The van der Waals surface area contributed by atoms with Gasteiger partial charge in [-0.3, -0.25) is 9.59 Å². The summed E-state index contributed by atoms with van der Waals surface area (Å²) in [4.78, 5) is 24.2. The van der Waals surface area contributed by atoms with Crippen LogP contribution in [0, 0.1) is 5.92 Å². The van der Waals surface area contributed by atoms with Gasteiger partial charge in [-0.15, -0.1) is 0 Å². The molecule has 1 aliphatic carbocycles. The molecule has 3 rings (SSSR count). The SMILES string of the molecule is O=C1CCC(NC(=O)c2nsc(Cl)c2Cl)C(C2CCCCC2)N1. The van der Waals surface area contributed by atoms with Crippen molar-refractivity contribution in [2.24, 2.45) is 5.92 Å². The summed E-state index contributed by atoms with van der Waals surface area (Å²) in [6, 6.07) is -0.0896. The smallest absolute Gasteiger partial charge is 0.272 e. The standard InChI is InChI=1S/C15H19Cl2N3O2S/c16-11-13(20-23-14(11)17)15(22)18-9-6-7-10(21)19-12(9)8-4-2-1-3-5-8/h8-9,12H,1-7H2,(H,18,22)(H,19,21). The summed E-state index contributed by atoms with van der Waals surface area (Å²) in [6.45, 7) is 0. The quantitative estimate of drug-likeness (QED) is 0.849. The number of nitrogens with one attached hydrogen (secondary N) is 2. The van der Waals surface area contributed by atoms with Gasteiger partial charge in [-0.25, -0.2) is 0 Å². The highest BCUT2D eigenvalue weighted by molar-refractivity contribution is 7.11. The van der Waals surface area contributed by atoms with Crippen LogP contribution in [0.15, 0.2) is 0 Å². The van der Waals surface area contributed by atoms with Crippen molar-refractivity contribution in [1.82, 2.24) is 15.0 Å². The van der Waals surface area contributed by atoms with Gasteiger partial charge in [0.05, 0.1) is 12.1 Å². The maximum absolute atomic E-state index is 12.4. The van der Waals surface area contributed by atoms with Crippen molar-refractivity contribution in [3.8, 4) is 0 Å². The first-order valence-electron chi connectivity index (χ1n) is 7.97. The van der Waals surface area contributed by atoms with Crippen molar-refractivity contribution in [1.29, 1.82) is 0 Å². The van der Waals surface area contributed by atoms with Crippen LogP contribution in [0.2, 0.25) is 9.36 Å². The molecule has 2 heterocycles. The number of carbonyl (C=O) groups is 2. The number of carbonyl (C=O) groups excluding carboxylic acids is 2. The van der Waals surface area contributed by atoms with Crippen molar-refractivity contribution < 1.29 is 9.59 Å². The molecule has 2 unspecified atom stereocenters. The lowest BCUT2D eigenvalue weighted by molar-refractivity contribution is -0.124. The number of nitrogens with zero attached hydrogens (tertiary/aromatic N) is 1. The average molecular weight is 376 g/mol. The van der Waals surface area contributed by atoms with E-state index in [0.717, 1.165) is 24.4 Å². The Bertz CT molecular complexity index is 602. The molecule has 2 amide bonds. The fourth-order valence-corrected chi connectivity index (χ4v) is 4.56. The number of amides is 2. The van der Waals surface area contributed by atoms with Crippen molar-refractivity contribution in [2.75, 3.05) is 0 Å². The molecule has 0 bridgehead atoms. The third-order valence-corrected chi connectivity index (χ3v) is 6.34. The van der Waals surface area contributed by atoms with Crippen LogP contribution in [0.1, 0.15) is 55.4 Å². The van der Waals surface area contributed by atoms with E-state index in [2.05, 4.69) is 15.0 Å². The van der Waals surface area contributed by atoms with E-state index in [0.29, 0.717) is 23.1 Å². The second-order valence-corrected chi connectivity index (χ2v) is 7.98. The molecule has 2 aliphatic rings. The largest absolute Gasteiger partial charge is 0.351 e. The molecule has 2 N–H and O–H groups in total. The van der Waals surface area contributed by atoms with E-state index in [1.165, 1.54) is 19.3 Å². The Hall–Kier alpha value is -0.850. The third-order valence-electron chi connectivity index (χ3n) is 4.73. The van der Waals surface area contributed by atoms with Crippen LogP contribution < -0.4 is 10.6 Å². The molecule has 0 aromatic carbocycles. The van der Waals surface area contributed by atoms with Gasteiger partial charge in [0, 0.05) is 6.42 Å². The molecule has 1 aromatic heterocycles. The highest BCUT2D eigenvalue weighted by Gasteiger charge is 2.36. The second-order valence-electron chi connectivity index (χ2n) is 6.23. The Morgan fingerprint density at radius 2 is 1.96 bits per heavy atom. The third kappa shape index (κ3) is 3.80. The zero-order chi connectivity index (χ0) is 16.4. The minimum Gasteiger partial charge on any atom is -0.351 e. The topological polar surface area (TPSA) is 71.1 Å². The van der Waals surface area contributed by atoms with Crippen LogP contribution in [-0.4, -0.2) is 28.3 Å². The van der Waals surface area contributed by atoms with Gasteiger partial charge in [0.1, 0.15) is 9.36 Å². The summed E-state index contributed by atoms with van der Waals surface area (Å²) in [7, 11) is 0. The van der Waals surface area contributed by atoms with Crippen molar-refractivity contribution in [3.05, 3.63) is 15.1 Å². The van der Waals surface area contributed by atoms with Crippen LogP contribution in [0.5, 0.6) is 0 Å². The average Bonchev–Trinajstić information content (AvgIpc) is 2.89. The lowest BCUT2D eigenvalue weighted by Gasteiger charge is -2.39. The van der Waals surface area contributed by atoms with Crippen molar-refractivity contribution in [3.63, 3.8) is 0 Å². The van der Waals surface area contributed by atoms with Crippen LogP contribution in [0.3, 0.4) is 0 Å². The van der Waals surface area contributed by atoms with E-state index in [4.69, 9.17) is 23.2 Å². The van der Waals surface area contributed by atoms with Gasteiger partial charge >= 0.3 is 0 Å². The molecule has 2 atom stereocenters. The van der Waals surface area contributed by atoms with E-state index < -0.39 is 0 Å². The Kier molecular flexibility index (Phi) is 5.44. The number of hydrogen-bond acceptors (Lipinski definition) is 4. The summed E-state index contributed by atoms with van der Waals surface area (Å²) in [5.74, 6) is 0.175. The number of hydrogen-bond donors (Lipinski definition) is 2. The molecule has 1 saturated carbocycles. The number of halogens is 2. The summed E-state index contributed by atoms with van der Waals surface area (Å²) in [5.41, 5.74) is 0.168. The van der Waals surface area contributed by atoms with Gasteiger partial charge in [0.2, 0.25) is 5.91 Å². The van der Waals surface area contributed by atoms with Gasteiger partial charge in [-0.1, -0.05) is 42.5 Å². The Labute approximate surface area is 149 Å². The number of piperidine rings is 1. The van der Waals surface area contributed by atoms with Crippen LogP contribution >= 0.6 is 34.7 Å². The van der Waals surface area contributed by atoms with Crippen molar-refractivity contribution in [2.45, 2.75) is 57.0 Å². The second kappa shape index (κ2) is 7.36. The Morgan fingerprint density at radius 1 is 1.22 bits per heavy atom. The molecule has 5 nitrogen and oxygen atoms in total. The minimum atomic E-state index is -0.319. The lowest BCUT2D eigenvalue weighted by atomic mass is 9.78. The maximum atomic E-state index is 12.4. The lowest BCUT2D eigenvalue weighted by Crippen LogP contribution is -2.58. The molecule has 0 radical (unpaired) electrons. The molecule has 0 spiro atoms. The monoisotopic (exact) mass is 375 g/mol. The normalized spacial score (nSPS) is 25.9. The molecule has 2 fully saturated rings. The van der Waals surface area contributed by atoms with Crippen LogP contribution in [0.4, 0.5) is 0 Å². The molecular formula is C15H19Cl2N3O2S. The highest BCUT2D eigenvalue weighted by atomic mass is 35.5. The molecule has 23 heavy (non-hydrogen) atoms. The number of aromatic nitrogens is 1. The molecule has 8 heteroatoms. The van der Waals surface area contributed by atoms with E-state index in [9.17, 15) is 9.59 Å². The summed E-state index contributed by atoms with van der Waals surface area (Å²) >= 11 is 12.9. The molecular weight excluding hydrogens is 357 g/mol. The zero-order valence-electron chi connectivity index (χ0n) is 12.6. The summed E-state index contributed by atoms with van der Waals surface area (Å²) in [5, 5.41) is 6.28. The van der Waals surface area contributed by atoms with E-state index >= 15 is 0 Å². The Morgan fingerprint density at radius 3 is 2.61 bits per heavy atom. The zero-order valence-corrected chi connectivity index (χ0v) is 14.9. The number of rotatable bonds is 3. The first-order chi connectivity index (χ1) is 11.1. The maximum Gasteiger partial charge on any atom is 0.272 e. The first-order valence-corrected chi connectivity index (χ1v) is 9.50. The van der Waals surface area contributed by atoms with E-state index in [-0.39, 0.29) is 34.6 Å². The van der Waals surface area contributed by atoms with E-state index in [1.54, 1.807) is 0 Å². The van der Waals surface area contributed by atoms with Crippen LogP contribution in [0.25, 0.3) is 0 Å². The van der Waals surface area contributed by atoms with Crippen LogP contribution in [-0.2, 0) is 4.79 Å². The van der Waals surface area contributed by atoms with Gasteiger partial charge in [-0.05, 0) is 36.7 Å². The predicted molar refractivity (Wildman–Crippen MR) is 91.1 cm³/mol. The Balaban J connectivity index is 1.72. The highest BCUT2D eigenvalue weighted by Crippen LogP contribution is 2.32. The fourth-order valence-electron chi connectivity index (χ4n) is 3.56. The molecule has 1 saturated heterocycles. The summed E-state index contributed by atoms with van der Waals surface area (Å²) in [6.07, 6.45) is 6.90. The van der Waals surface area contributed by atoms with Gasteiger partial charge in [0.25, 0.3) is 5.91 Å². The fraction of sp³-hybridized carbons (Fsp3) is 0.667. The van der Waals surface area contributed by atoms with Gasteiger partial charge in [-0.2, -0.15) is 4.37 Å². The molecule has 126 valence electrons. The summed E-state index contributed by atoms with van der Waals surface area (Å²) < 4.78 is 4.33. The van der Waals surface area contributed by atoms with Gasteiger partial charge < -0.3 is 10.6 Å². The minimum absolute atomic E-state index is 0.00613. The first kappa shape index (κ1) is 17.0. The molecule has 1 aromatic rings. The van der Waals surface area contributed by atoms with E-state index in [1.807, 2.05) is 0 Å².